The number of para-hydroxylation sites is 1. The molecule has 4 aromatic rings. The summed E-state index contributed by atoms with van der Waals surface area (Å²) in [7, 11) is 1.63. The molecule has 0 bridgehead atoms. The molecule has 2 heterocycles. The van der Waals surface area contributed by atoms with Crippen LogP contribution in [0.4, 0.5) is 0 Å². The third-order valence-corrected chi connectivity index (χ3v) is 4.73. The highest BCUT2D eigenvalue weighted by Gasteiger charge is 2.21. The number of ether oxygens (including phenoxy) is 1. The molecule has 2 aromatic heterocycles. The number of esters is 1. The first-order chi connectivity index (χ1) is 15.1. The van der Waals surface area contributed by atoms with E-state index in [4.69, 9.17) is 9.15 Å². The third kappa shape index (κ3) is 4.72. The number of nitrogens with zero attached hydrogens (tertiary/aromatic N) is 3. The fourth-order valence-electron chi connectivity index (χ4n) is 3.09. The van der Waals surface area contributed by atoms with Crippen LogP contribution in [0.5, 0.6) is 0 Å². The third-order valence-electron chi connectivity index (χ3n) is 4.73. The number of furan rings is 1. The SMILES string of the molecule is CN(Cc1ccco1)C(=O)COC(=O)c1cn(-c2ccccc2)nc1-c1ccccc1. The van der Waals surface area contributed by atoms with Gasteiger partial charge in [-0.3, -0.25) is 4.79 Å². The molecule has 0 saturated heterocycles. The van der Waals surface area contributed by atoms with Gasteiger partial charge in [-0.1, -0.05) is 48.5 Å². The van der Waals surface area contributed by atoms with Crippen molar-refractivity contribution in [2.45, 2.75) is 6.54 Å². The normalized spacial score (nSPS) is 10.6. The van der Waals surface area contributed by atoms with Crippen molar-refractivity contribution in [3.05, 3.63) is 96.6 Å². The Morgan fingerprint density at radius 1 is 1.00 bits per heavy atom. The topological polar surface area (TPSA) is 77.6 Å². The van der Waals surface area contributed by atoms with E-state index in [-0.39, 0.29) is 18.1 Å². The van der Waals surface area contributed by atoms with E-state index < -0.39 is 5.97 Å². The minimum absolute atomic E-state index is 0.288. The summed E-state index contributed by atoms with van der Waals surface area (Å²) in [5.41, 5.74) is 2.38. The van der Waals surface area contributed by atoms with Gasteiger partial charge in [-0.15, -0.1) is 0 Å². The molecule has 156 valence electrons. The van der Waals surface area contributed by atoms with E-state index in [1.54, 1.807) is 36.3 Å². The molecule has 0 spiro atoms. The Balaban J connectivity index is 1.52. The second-order valence-electron chi connectivity index (χ2n) is 6.94. The van der Waals surface area contributed by atoms with Gasteiger partial charge in [0.1, 0.15) is 17.0 Å². The number of hydrogen-bond acceptors (Lipinski definition) is 5. The Morgan fingerprint density at radius 2 is 1.71 bits per heavy atom. The van der Waals surface area contributed by atoms with Crippen LogP contribution >= 0.6 is 0 Å². The molecule has 0 unspecified atom stereocenters. The highest BCUT2D eigenvalue weighted by molar-refractivity contribution is 5.97. The van der Waals surface area contributed by atoms with Gasteiger partial charge in [0.15, 0.2) is 6.61 Å². The van der Waals surface area contributed by atoms with Gasteiger partial charge in [-0.25, -0.2) is 9.48 Å². The van der Waals surface area contributed by atoms with Gasteiger partial charge in [0.25, 0.3) is 5.91 Å². The smallest absolute Gasteiger partial charge is 0.342 e. The number of carbonyl (C=O) groups excluding carboxylic acids is 2. The van der Waals surface area contributed by atoms with Crippen LogP contribution in [-0.4, -0.2) is 40.2 Å². The highest BCUT2D eigenvalue weighted by atomic mass is 16.5. The zero-order valence-electron chi connectivity index (χ0n) is 17.0. The summed E-state index contributed by atoms with van der Waals surface area (Å²) >= 11 is 0. The van der Waals surface area contributed by atoms with Gasteiger partial charge in [-0.2, -0.15) is 5.10 Å². The Hall–Kier alpha value is -4.13. The summed E-state index contributed by atoms with van der Waals surface area (Å²) in [6, 6.07) is 22.4. The molecule has 0 saturated carbocycles. The quantitative estimate of drug-likeness (QED) is 0.427. The molecular weight excluding hydrogens is 394 g/mol. The molecule has 4 rings (SSSR count). The molecule has 0 aliphatic carbocycles. The first-order valence-electron chi connectivity index (χ1n) is 9.76. The van der Waals surface area contributed by atoms with E-state index in [2.05, 4.69) is 5.10 Å². The molecule has 0 N–H and O–H groups in total. The van der Waals surface area contributed by atoms with Gasteiger partial charge >= 0.3 is 5.97 Å². The Labute approximate surface area is 179 Å². The van der Waals surface area contributed by atoms with Crippen molar-refractivity contribution in [3.8, 4) is 16.9 Å². The Morgan fingerprint density at radius 3 is 2.39 bits per heavy atom. The van der Waals surface area contributed by atoms with Crippen molar-refractivity contribution in [2.24, 2.45) is 0 Å². The monoisotopic (exact) mass is 415 g/mol. The van der Waals surface area contributed by atoms with Crippen LogP contribution in [0.15, 0.2) is 89.7 Å². The number of aromatic nitrogens is 2. The lowest BCUT2D eigenvalue weighted by molar-refractivity contribution is -0.133. The predicted octanol–water partition coefficient (Wildman–Crippen LogP) is 3.95. The van der Waals surface area contributed by atoms with E-state index in [1.165, 1.54) is 4.90 Å². The summed E-state index contributed by atoms with van der Waals surface area (Å²) in [5, 5.41) is 4.59. The Bertz CT molecular complexity index is 1150. The van der Waals surface area contributed by atoms with E-state index in [0.29, 0.717) is 18.0 Å². The summed E-state index contributed by atoms with van der Waals surface area (Å²) < 4.78 is 12.2. The van der Waals surface area contributed by atoms with Gasteiger partial charge in [0.05, 0.1) is 18.5 Å². The van der Waals surface area contributed by atoms with E-state index in [0.717, 1.165) is 11.3 Å². The van der Waals surface area contributed by atoms with Crippen LogP contribution in [0.1, 0.15) is 16.1 Å². The van der Waals surface area contributed by atoms with Gasteiger partial charge < -0.3 is 14.1 Å². The summed E-state index contributed by atoms with van der Waals surface area (Å²) in [4.78, 5) is 26.7. The van der Waals surface area contributed by atoms with Crippen molar-refractivity contribution in [2.75, 3.05) is 13.7 Å². The van der Waals surface area contributed by atoms with Crippen LogP contribution in [-0.2, 0) is 16.1 Å². The summed E-state index contributed by atoms with van der Waals surface area (Å²) in [6.45, 7) is -0.0780. The van der Waals surface area contributed by atoms with Crippen LogP contribution in [0.2, 0.25) is 0 Å². The van der Waals surface area contributed by atoms with Gasteiger partial charge in [0.2, 0.25) is 0 Å². The molecule has 0 atom stereocenters. The van der Waals surface area contributed by atoms with E-state index in [1.807, 2.05) is 60.7 Å². The zero-order valence-corrected chi connectivity index (χ0v) is 17.0. The molecular formula is C24H21N3O4. The molecule has 7 heteroatoms. The molecule has 1 amide bonds. The predicted molar refractivity (Wildman–Crippen MR) is 114 cm³/mol. The van der Waals surface area contributed by atoms with Crippen LogP contribution in [0.25, 0.3) is 16.9 Å². The largest absolute Gasteiger partial charge is 0.467 e. The molecule has 2 aromatic carbocycles. The van der Waals surface area contributed by atoms with E-state index >= 15 is 0 Å². The van der Waals surface area contributed by atoms with Crippen molar-refractivity contribution in [1.29, 1.82) is 0 Å². The lowest BCUT2D eigenvalue weighted by Gasteiger charge is -2.15. The number of amides is 1. The Kier molecular flexibility index (Phi) is 5.93. The summed E-state index contributed by atoms with van der Waals surface area (Å²) in [5.74, 6) is -0.292. The van der Waals surface area contributed by atoms with Crippen molar-refractivity contribution in [1.82, 2.24) is 14.7 Å². The number of benzene rings is 2. The van der Waals surface area contributed by atoms with Crippen LogP contribution < -0.4 is 0 Å². The van der Waals surface area contributed by atoms with Crippen molar-refractivity contribution in [3.63, 3.8) is 0 Å². The summed E-state index contributed by atoms with van der Waals surface area (Å²) in [6.07, 6.45) is 3.17. The number of rotatable bonds is 7. The first kappa shape index (κ1) is 20.2. The fraction of sp³-hybridized carbons (Fsp3) is 0.125. The minimum Gasteiger partial charge on any atom is -0.467 e. The maximum Gasteiger partial charge on any atom is 0.342 e. The molecule has 0 radical (unpaired) electrons. The number of carbonyl (C=O) groups is 2. The standard InChI is InChI=1S/C24H21N3O4/c1-26(15-20-13-8-14-30-20)22(28)17-31-24(29)21-16-27(19-11-6-3-7-12-19)25-23(21)18-9-4-2-5-10-18/h2-14,16H,15,17H2,1H3. The average molecular weight is 415 g/mol. The van der Waals surface area contributed by atoms with Crippen molar-refractivity contribution < 1.29 is 18.7 Å². The lowest BCUT2D eigenvalue weighted by Crippen LogP contribution is -2.30. The van der Waals surface area contributed by atoms with Crippen LogP contribution in [0.3, 0.4) is 0 Å². The second kappa shape index (κ2) is 9.13. The molecule has 0 aliphatic rings. The van der Waals surface area contributed by atoms with Gasteiger partial charge in [0, 0.05) is 18.8 Å². The second-order valence-corrected chi connectivity index (χ2v) is 6.94. The average Bonchev–Trinajstić information content (AvgIpc) is 3.48. The fourth-order valence-corrected chi connectivity index (χ4v) is 3.09. The van der Waals surface area contributed by atoms with E-state index in [9.17, 15) is 9.59 Å². The van der Waals surface area contributed by atoms with Gasteiger partial charge in [-0.05, 0) is 24.3 Å². The molecule has 0 fully saturated rings. The maximum absolute atomic E-state index is 12.9. The molecule has 0 aliphatic heterocycles. The lowest BCUT2D eigenvalue weighted by atomic mass is 10.1. The maximum atomic E-state index is 12.9. The zero-order chi connectivity index (χ0) is 21.6. The van der Waals surface area contributed by atoms with Crippen LogP contribution in [0, 0.1) is 0 Å². The molecule has 31 heavy (non-hydrogen) atoms. The highest BCUT2D eigenvalue weighted by Crippen LogP contribution is 2.24. The number of likely N-dealkylation sites (N-methyl/N-ethyl adjacent to an activating group) is 1. The van der Waals surface area contributed by atoms with Crippen molar-refractivity contribution >= 4 is 11.9 Å². The minimum atomic E-state index is -0.610. The molecule has 7 nitrogen and oxygen atoms in total. The number of hydrogen-bond donors (Lipinski definition) is 0. The first-order valence-corrected chi connectivity index (χ1v) is 9.76.